The molecule has 0 amide bonds. The molecule has 0 aromatic carbocycles. The van der Waals surface area contributed by atoms with Gasteiger partial charge in [0, 0.05) is 12.6 Å². The van der Waals surface area contributed by atoms with Gasteiger partial charge in [-0.3, -0.25) is 0 Å². The van der Waals surface area contributed by atoms with Gasteiger partial charge in [-0.15, -0.1) is 0 Å². The quantitative estimate of drug-likeness (QED) is 0.838. The average Bonchev–Trinajstić information content (AvgIpc) is 2.72. The summed E-state index contributed by atoms with van der Waals surface area (Å²) in [6.07, 6.45) is -2.14. The first-order valence-electron chi connectivity index (χ1n) is 5.48. The van der Waals surface area contributed by atoms with Crippen LogP contribution in [0.25, 0.3) is 0 Å². The Kier molecular flexibility index (Phi) is 3.24. The first-order valence-corrected chi connectivity index (χ1v) is 5.48. The summed E-state index contributed by atoms with van der Waals surface area (Å²) < 4.78 is 37.2. The number of hydrogen-bond acceptors (Lipinski definition) is 3. The van der Waals surface area contributed by atoms with Crippen molar-refractivity contribution >= 4 is 5.69 Å². The Morgan fingerprint density at radius 3 is 2.76 bits per heavy atom. The van der Waals surface area contributed by atoms with Crippen LogP contribution in [0.3, 0.4) is 0 Å². The molecular formula is C11H14F3N3. The second kappa shape index (κ2) is 4.52. The molecule has 1 unspecified atom stereocenters. The molecule has 2 rings (SSSR count). The average molecular weight is 245 g/mol. The van der Waals surface area contributed by atoms with Crippen molar-refractivity contribution in [3.05, 3.63) is 23.5 Å². The molecule has 0 aliphatic carbocycles. The maximum absolute atomic E-state index is 12.4. The monoisotopic (exact) mass is 245 g/mol. The van der Waals surface area contributed by atoms with Crippen LogP contribution >= 0.6 is 0 Å². The fraction of sp³-hybridized carbons (Fsp3) is 0.545. The van der Waals surface area contributed by atoms with Crippen molar-refractivity contribution in [2.75, 3.05) is 18.4 Å². The molecule has 0 bridgehead atoms. The molecule has 17 heavy (non-hydrogen) atoms. The smallest absolute Gasteiger partial charge is 0.380 e. The number of rotatable bonds is 2. The highest BCUT2D eigenvalue weighted by Gasteiger charge is 2.32. The molecule has 1 saturated heterocycles. The molecule has 2 N–H and O–H groups in total. The van der Waals surface area contributed by atoms with Crippen molar-refractivity contribution in [3.63, 3.8) is 0 Å². The van der Waals surface area contributed by atoms with E-state index in [1.807, 2.05) is 0 Å². The van der Waals surface area contributed by atoms with Crippen molar-refractivity contribution in [1.29, 1.82) is 0 Å². The molecule has 0 radical (unpaired) electrons. The lowest BCUT2D eigenvalue weighted by Gasteiger charge is -2.16. The predicted molar refractivity (Wildman–Crippen MR) is 58.9 cm³/mol. The normalized spacial score (nSPS) is 20.6. The molecule has 0 spiro atoms. The van der Waals surface area contributed by atoms with E-state index >= 15 is 0 Å². The maximum Gasteiger partial charge on any atom is 0.433 e. The largest absolute Gasteiger partial charge is 0.433 e. The van der Waals surface area contributed by atoms with Gasteiger partial charge in [0.2, 0.25) is 0 Å². The van der Waals surface area contributed by atoms with E-state index in [4.69, 9.17) is 0 Å². The molecular weight excluding hydrogens is 231 g/mol. The van der Waals surface area contributed by atoms with Gasteiger partial charge in [0.05, 0.1) is 11.9 Å². The van der Waals surface area contributed by atoms with Crippen LogP contribution in [0.5, 0.6) is 0 Å². The molecule has 1 atom stereocenters. The second-order valence-electron chi connectivity index (χ2n) is 4.22. The SMILES string of the molecule is Cc1cc(C(F)(F)F)ncc1NC1CCNC1. The molecule has 1 fully saturated rings. The van der Waals surface area contributed by atoms with E-state index in [2.05, 4.69) is 15.6 Å². The van der Waals surface area contributed by atoms with Crippen molar-refractivity contribution < 1.29 is 13.2 Å². The van der Waals surface area contributed by atoms with E-state index in [0.717, 1.165) is 25.6 Å². The van der Waals surface area contributed by atoms with Gasteiger partial charge in [-0.05, 0) is 31.5 Å². The van der Waals surface area contributed by atoms with Gasteiger partial charge < -0.3 is 10.6 Å². The molecule has 1 aliphatic heterocycles. The minimum Gasteiger partial charge on any atom is -0.380 e. The predicted octanol–water partition coefficient (Wildman–Crippen LogP) is 2.18. The van der Waals surface area contributed by atoms with Crippen LogP contribution in [0.2, 0.25) is 0 Å². The van der Waals surface area contributed by atoms with Crippen molar-refractivity contribution in [1.82, 2.24) is 10.3 Å². The van der Waals surface area contributed by atoms with Gasteiger partial charge in [-0.1, -0.05) is 0 Å². The fourth-order valence-corrected chi connectivity index (χ4v) is 1.86. The number of nitrogens with one attached hydrogen (secondary N) is 2. The lowest BCUT2D eigenvalue weighted by Crippen LogP contribution is -2.23. The second-order valence-corrected chi connectivity index (χ2v) is 4.22. The highest BCUT2D eigenvalue weighted by Crippen LogP contribution is 2.29. The van der Waals surface area contributed by atoms with Gasteiger partial charge >= 0.3 is 6.18 Å². The van der Waals surface area contributed by atoms with Gasteiger partial charge in [0.1, 0.15) is 5.69 Å². The lowest BCUT2D eigenvalue weighted by molar-refractivity contribution is -0.141. The molecule has 3 nitrogen and oxygen atoms in total. The van der Waals surface area contributed by atoms with Crippen molar-refractivity contribution in [3.8, 4) is 0 Å². The number of aromatic nitrogens is 1. The van der Waals surface area contributed by atoms with E-state index in [1.54, 1.807) is 6.92 Å². The molecule has 94 valence electrons. The zero-order valence-corrected chi connectivity index (χ0v) is 9.43. The number of pyridine rings is 1. The minimum absolute atomic E-state index is 0.271. The standard InChI is InChI=1S/C11H14F3N3/c1-7-4-10(11(12,13)14)16-6-9(7)17-8-2-3-15-5-8/h4,6,8,15,17H,2-3,5H2,1H3. The van der Waals surface area contributed by atoms with Crippen LogP contribution < -0.4 is 10.6 Å². The highest BCUT2D eigenvalue weighted by molar-refractivity contribution is 5.50. The van der Waals surface area contributed by atoms with Crippen LogP contribution in [0.1, 0.15) is 17.7 Å². The van der Waals surface area contributed by atoms with Gasteiger partial charge in [-0.25, -0.2) is 4.98 Å². The minimum atomic E-state index is -4.38. The topological polar surface area (TPSA) is 37.0 Å². The van der Waals surface area contributed by atoms with E-state index < -0.39 is 11.9 Å². The summed E-state index contributed by atoms with van der Waals surface area (Å²) in [5, 5.41) is 6.38. The Bertz CT molecular complexity index is 397. The lowest BCUT2D eigenvalue weighted by atomic mass is 10.2. The first kappa shape index (κ1) is 12.2. The summed E-state index contributed by atoms with van der Waals surface area (Å²) in [6, 6.07) is 1.34. The number of aryl methyl sites for hydroxylation is 1. The third-order valence-corrected chi connectivity index (χ3v) is 2.82. The van der Waals surface area contributed by atoms with Crippen LogP contribution in [0.4, 0.5) is 18.9 Å². The first-order chi connectivity index (χ1) is 7.97. The third-order valence-electron chi connectivity index (χ3n) is 2.82. The number of anilines is 1. The summed E-state index contributed by atoms with van der Waals surface area (Å²) in [7, 11) is 0. The summed E-state index contributed by atoms with van der Waals surface area (Å²) in [6.45, 7) is 3.42. The molecule has 2 heterocycles. The summed E-state index contributed by atoms with van der Waals surface area (Å²) in [5.41, 5.74) is 0.399. The third kappa shape index (κ3) is 2.88. The van der Waals surface area contributed by atoms with Gasteiger partial charge in [0.25, 0.3) is 0 Å². The zero-order valence-electron chi connectivity index (χ0n) is 9.43. The van der Waals surface area contributed by atoms with Crippen molar-refractivity contribution in [2.45, 2.75) is 25.6 Å². The Hall–Kier alpha value is -1.30. The molecule has 1 aliphatic rings. The summed E-state index contributed by atoms with van der Waals surface area (Å²) in [5.74, 6) is 0. The van der Waals surface area contributed by atoms with Gasteiger partial charge in [-0.2, -0.15) is 13.2 Å². The summed E-state index contributed by atoms with van der Waals surface area (Å²) >= 11 is 0. The highest BCUT2D eigenvalue weighted by atomic mass is 19.4. The molecule has 1 aromatic heterocycles. The molecule has 0 saturated carbocycles. The number of nitrogens with zero attached hydrogens (tertiary/aromatic N) is 1. The van der Waals surface area contributed by atoms with Crippen LogP contribution in [-0.2, 0) is 6.18 Å². The van der Waals surface area contributed by atoms with Crippen LogP contribution in [0, 0.1) is 6.92 Å². The van der Waals surface area contributed by atoms with Gasteiger partial charge in [0.15, 0.2) is 0 Å². The van der Waals surface area contributed by atoms with Crippen LogP contribution in [-0.4, -0.2) is 24.1 Å². The number of alkyl halides is 3. The molecule has 1 aromatic rings. The van der Waals surface area contributed by atoms with Crippen molar-refractivity contribution in [2.24, 2.45) is 0 Å². The van der Waals surface area contributed by atoms with Crippen LogP contribution in [0.15, 0.2) is 12.3 Å². The Morgan fingerprint density at radius 1 is 1.47 bits per heavy atom. The fourth-order valence-electron chi connectivity index (χ4n) is 1.86. The van der Waals surface area contributed by atoms with E-state index in [0.29, 0.717) is 11.3 Å². The van der Waals surface area contributed by atoms with E-state index in [-0.39, 0.29) is 6.04 Å². The Balaban J connectivity index is 2.14. The Morgan fingerprint density at radius 2 is 2.24 bits per heavy atom. The Labute approximate surface area is 97.4 Å². The number of halogens is 3. The van der Waals surface area contributed by atoms with E-state index in [9.17, 15) is 13.2 Å². The maximum atomic E-state index is 12.4. The molecule has 6 heteroatoms. The van der Waals surface area contributed by atoms with E-state index in [1.165, 1.54) is 6.20 Å². The zero-order chi connectivity index (χ0) is 12.5. The summed E-state index contributed by atoms with van der Waals surface area (Å²) in [4.78, 5) is 3.44. The number of hydrogen-bond donors (Lipinski definition) is 2.